The van der Waals surface area contributed by atoms with Crippen molar-refractivity contribution >= 4 is 65.0 Å². The normalized spacial score (nSPS) is 13.1. The van der Waals surface area contributed by atoms with Gasteiger partial charge in [0.15, 0.2) is 0 Å². The van der Waals surface area contributed by atoms with Crippen LogP contribution in [0.25, 0.3) is 110 Å². The molecule has 10 aromatic carbocycles. The van der Waals surface area contributed by atoms with Crippen molar-refractivity contribution in [2.24, 2.45) is 0 Å². The summed E-state index contributed by atoms with van der Waals surface area (Å²) >= 11 is 0. The highest BCUT2D eigenvalue weighted by Crippen LogP contribution is 2.46. The molecule has 1 heteroatoms. The fourth-order valence-electron chi connectivity index (χ4n) is 8.20. The van der Waals surface area contributed by atoms with Crippen LogP contribution < -0.4 is 0 Å². The van der Waals surface area contributed by atoms with E-state index in [2.05, 4.69) is 109 Å². The third-order valence-corrected chi connectivity index (χ3v) is 10.6. The van der Waals surface area contributed by atoms with Gasteiger partial charge in [0.05, 0.1) is 6.85 Å². The van der Waals surface area contributed by atoms with Crippen molar-refractivity contribution < 1.29 is 11.3 Å². The van der Waals surface area contributed by atoms with Crippen molar-refractivity contribution in [1.29, 1.82) is 0 Å². The molecule has 0 unspecified atom stereocenters. The topological polar surface area (TPSA) is 13.1 Å². The van der Waals surface area contributed by atoms with E-state index in [9.17, 15) is 1.37 Å². The van der Waals surface area contributed by atoms with E-state index in [1.165, 1.54) is 16.7 Å². The van der Waals surface area contributed by atoms with E-state index < -0.39 is 0 Å². The van der Waals surface area contributed by atoms with Gasteiger partial charge in [-0.1, -0.05) is 176 Å². The highest BCUT2D eigenvalue weighted by molar-refractivity contribution is 6.24. The molecule has 0 spiro atoms. The number of hydrogen-bond acceptors (Lipinski definition) is 1. The van der Waals surface area contributed by atoms with Gasteiger partial charge in [-0.05, 0) is 100 Å². The number of furan rings is 1. The molecule has 246 valence electrons. The molecule has 1 heterocycles. The van der Waals surface area contributed by atoms with Gasteiger partial charge in [0.1, 0.15) is 11.2 Å². The Morgan fingerprint density at radius 3 is 1.49 bits per heavy atom. The van der Waals surface area contributed by atoms with Crippen LogP contribution in [0.15, 0.2) is 198 Å². The Morgan fingerprint density at radius 1 is 0.377 bits per heavy atom. The van der Waals surface area contributed by atoms with E-state index >= 15 is 0 Å². The zero-order valence-electron chi connectivity index (χ0n) is 33.5. The van der Waals surface area contributed by atoms with Crippen LogP contribution in [0.2, 0.25) is 0 Å². The Bertz CT molecular complexity index is 3420. The smallest absolute Gasteiger partial charge is 0.143 e. The van der Waals surface area contributed by atoms with Gasteiger partial charge in [-0.25, -0.2) is 0 Å². The Balaban J connectivity index is 1.13. The van der Waals surface area contributed by atoms with E-state index in [-0.39, 0.29) is 35.6 Å². The molecule has 0 N–H and O–H groups in total. The highest BCUT2D eigenvalue weighted by Gasteiger charge is 2.19. The van der Waals surface area contributed by atoms with Crippen molar-refractivity contribution in [2.45, 2.75) is 0 Å². The third kappa shape index (κ3) is 4.71. The molecule has 1 aromatic heterocycles. The second-order valence-corrected chi connectivity index (χ2v) is 13.6. The lowest BCUT2D eigenvalue weighted by atomic mass is 9.85. The second kappa shape index (κ2) is 11.8. The largest absolute Gasteiger partial charge is 0.455 e. The number of rotatable bonds is 4. The summed E-state index contributed by atoms with van der Waals surface area (Å²) in [7, 11) is 0. The lowest BCUT2D eigenvalue weighted by Gasteiger charge is -2.18. The summed E-state index contributed by atoms with van der Waals surface area (Å²) in [5.74, 6) is 0. The maximum atomic E-state index is 9.57. The Kier molecular flexibility index (Phi) is 5.58. The third-order valence-electron chi connectivity index (χ3n) is 10.6. The molecular formula is C52H32O. The van der Waals surface area contributed by atoms with Crippen molar-refractivity contribution in [1.82, 2.24) is 0 Å². The van der Waals surface area contributed by atoms with E-state index in [0.29, 0.717) is 27.5 Å². The minimum Gasteiger partial charge on any atom is -0.455 e. The lowest BCUT2D eigenvalue weighted by molar-refractivity contribution is 0.671. The Hall–Kier alpha value is -6.96. The standard InChI is InChI=1S/C52H32O/c1-2-12-33(13-3-1)34-22-26-36(27-23-34)49-42-18-8-10-20-44(42)50(45-21-11-9-19-43(45)49)37-28-24-35(25-29-37)46-31-40-16-6-7-17-41(40)51-47-30-38-14-4-5-15-39(38)32-48(47)53-52(46)51/h1-32H/i6D,7D,16D,17D,31D. The molecule has 0 aliphatic heterocycles. The minimum absolute atomic E-state index is 0.00407. The van der Waals surface area contributed by atoms with Crippen LogP contribution in [0.5, 0.6) is 0 Å². The summed E-state index contributed by atoms with van der Waals surface area (Å²) in [5, 5.41) is 8.36. The molecule has 0 radical (unpaired) electrons. The van der Waals surface area contributed by atoms with Gasteiger partial charge in [-0.15, -0.1) is 0 Å². The molecule has 0 saturated carbocycles. The second-order valence-electron chi connectivity index (χ2n) is 13.6. The summed E-state index contributed by atoms with van der Waals surface area (Å²) in [6.45, 7) is 0. The summed E-state index contributed by atoms with van der Waals surface area (Å²) in [5.41, 5.74) is 9.06. The van der Waals surface area contributed by atoms with Gasteiger partial charge in [0.2, 0.25) is 0 Å². The van der Waals surface area contributed by atoms with E-state index in [4.69, 9.17) is 9.90 Å². The molecule has 0 atom stereocenters. The Labute approximate surface area is 314 Å². The molecule has 1 nitrogen and oxygen atoms in total. The summed E-state index contributed by atoms with van der Waals surface area (Å²) in [4.78, 5) is 0. The van der Waals surface area contributed by atoms with Crippen LogP contribution in [0.1, 0.15) is 6.85 Å². The molecule has 11 aromatic rings. The minimum atomic E-state index is -0.362. The average molecular weight is 678 g/mol. The van der Waals surface area contributed by atoms with Gasteiger partial charge in [0, 0.05) is 16.3 Å². The maximum absolute atomic E-state index is 9.57. The van der Waals surface area contributed by atoms with Crippen LogP contribution >= 0.6 is 0 Å². The van der Waals surface area contributed by atoms with Gasteiger partial charge in [-0.2, -0.15) is 0 Å². The van der Waals surface area contributed by atoms with Crippen LogP contribution in [-0.2, 0) is 0 Å². The van der Waals surface area contributed by atoms with E-state index in [0.717, 1.165) is 60.0 Å². The Morgan fingerprint density at radius 2 is 0.868 bits per heavy atom. The van der Waals surface area contributed by atoms with Crippen LogP contribution in [0.4, 0.5) is 0 Å². The molecule has 0 amide bonds. The molecule has 0 aliphatic rings. The molecule has 0 fully saturated rings. The molecule has 11 rings (SSSR count). The molecule has 0 saturated heterocycles. The zero-order valence-corrected chi connectivity index (χ0v) is 28.5. The fraction of sp³-hybridized carbons (Fsp3) is 0. The molecule has 53 heavy (non-hydrogen) atoms. The van der Waals surface area contributed by atoms with E-state index in [1.807, 2.05) is 54.6 Å². The summed E-state index contributed by atoms with van der Waals surface area (Å²) in [6, 6.07) is 55.4. The maximum Gasteiger partial charge on any atom is 0.143 e. The monoisotopic (exact) mass is 677 g/mol. The van der Waals surface area contributed by atoms with Gasteiger partial charge in [-0.3, -0.25) is 0 Å². The molecular weight excluding hydrogens is 641 g/mol. The first-order valence-corrected chi connectivity index (χ1v) is 17.8. The van der Waals surface area contributed by atoms with Crippen molar-refractivity contribution in [3.05, 3.63) is 194 Å². The zero-order chi connectivity index (χ0) is 39.2. The van der Waals surface area contributed by atoms with E-state index in [1.54, 1.807) is 0 Å². The highest BCUT2D eigenvalue weighted by atomic mass is 16.3. The van der Waals surface area contributed by atoms with Crippen molar-refractivity contribution in [2.75, 3.05) is 0 Å². The predicted molar refractivity (Wildman–Crippen MR) is 225 cm³/mol. The van der Waals surface area contributed by atoms with Gasteiger partial charge >= 0.3 is 0 Å². The van der Waals surface area contributed by atoms with Gasteiger partial charge < -0.3 is 4.42 Å². The quantitative estimate of drug-likeness (QED) is 0.169. The lowest BCUT2D eigenvalue weighted by Crippen LogP contribution is -1.91. The number of hydrogen-bond donors (Lipinski definition) is 0. The first-order valence-electron chi connectivity index (χ1n) is 20.3. The number of benzene rings is 10. The first-order chi connectivity index (χ1) is 28.4. The van der Waals surface area contributed by atoms with Crippen molar-refractivity contribution in [3.8, 4) is 44.5 Å². The van der Waals surface area contributed by atoms with Crippen molar-refractivity contribution in [3.63, 3.8) is 0 Å². The van der Waals surface area contributed by atoms with Crippen LogP contribution in [0, 0.1) is 0 Å². The molecule has 0 aliphatic carbocycles. The van der Waals surface area contributed by atoms with Crippen LogP contribution in [-0.4, -0.2) is 0 Å². The average Bonchev–Trinajstić information content (AvgIpc) is 3.63. The fourth-order valence-corrected chi connectivity index (χ4v) is 8.20. The molecule has 0 bridgehead atoms. The van der Waals surface area contributed by atoms with Crippen LogP contribution in [0.3, 0.4) is 0 Å². The first kappa shape index (κ1) is 25.1. The number of fused-ring (bicyclic) bond motifs is 8. The summed E-state index contributed by atoms with van der Waals surface area (Å²) < 4.78 is 51.3. The SMILES string of the molecule is [2H]c1c([2H])c([2H])c2c(c1[2H])c([2H])c(-c1ccc(-c3c4ccccc4c(-c4ccc(-c5ccccc5)cc4)c4ccccc34)cc1)c1oc3cc4ccccc4cc3c12. The summed E-state index contributed by atoms with van der Waals surface area (Å²) in [6.07, 6.45) is 0. The predicted octanol–water partition coefficient (Wildman–Crippen LogP) is 14.9. The van der Waals surface area contributed by atoms with Gasteiger partial charge in [0.25, 0.3) is 0 Å².